The minimum atomic E-state index is -4.63. The maximum Gasteiger partial charge on any atom is 0.416 e. The van der Waals surface area contributed by atoms with Crippen molar-refractivity contribution in [2.75, 3.05) is 0 Å². The van der Waals surface area contributed by atoms with Crippen LogP contribution in [0.4, 0.5) is 26.3 Å². The van der Waals surface area contributed by atoms with E-state index in [0.717, 1.165) is 30.3 Å². The number of hydrogen-bond donors (Lipinski definition) is 0. The zero-order chi connectivity index (χ0) is 18.2. The standard InChI is InChI=1S/C19H10F6/c20-15-7-2-1-6-14(15)12-9-16(21)18(17(22)10-12)11-4-3-5-13(8-11)19(23,24)25/h1-10H. The van der Waals surface area contributed by atoms with Crippen molar-refractivity contribution in [3.05, 3.63) is 83.7 Å². The molecule has 128 valence electrons. The van der Waals surface area contributed by atoms with Crippen molar-refractivity contribution in [1.29, 1.82) is 0 Å². The van der Waals surface area contributed by atoms with Gasteiger partial charge in [0.15, 0.2) is 0 Å². The van der Waals surface area contributed by atoms with E-state index in [9.17, 15) is 26.3 Å². The summed E-state index contributed by atoms with van der Waals surface area (Å²) in [7, 11) is 0. The van der Waals surface area contributed by atoms with Crippen LogP contribution in [-0.2, 0) is 6.18 Å². The third-order valence-corrected chi connectivity index (χ3v) is 3.71. The molecule has 0 aliphatic heterocycles. The van der Waals surface area contributed by atoms with E-state index in [4.69, 9.17) is 0 Å². The van der Waals surface area contributed by atoms with Crippen molar-refractivity contribution in [2.45, 2.75) is 6.18 Å². The highest BCUT2D eigenvalue weighted by Gasteiger charge is 2.31. The van der Waals surface area contributed by atoms with E-state index in [-0.39, 0.29) is 16.7 Å². The monoisotopic (exact) mass is 352 g/mol. The Balaban J connectivity index is 2.12. The third kappa shape index (κ3) is 3.38. The Labute approximate surface area is 139 Å². The number of rotatable bonds is 2. The summed E-state index contributed by atoms with van der Waals surface area (Å²) in [5.74, 6) is -2.80. The van der Waals surface area contributed by atoms with Crippen LogP contribution in [0.1, 0.15) is 5.56 Å². The second kappa shape index (κ2) is 6.27. The molecule has 0 saturated carbocycles. The molecule has 0 nitrogen and oxygen atoms in total. The van der Waals surface area contributed by atoms with Crippen molar-refractivity contribution >= 4 is 0 Å². The lowest BCUT2D eigenvalue weighted by atomic mass is 9.97. The van der Waals surface area contributed by atoms with Gasteiger partial charge in [-0.05, 0) is 41.5 Å². The predicted molar refractivity (Wildman–Crippen MR) is 82.2 cm³/mol. The summed E-state index contributed by atoms with van der Waals surface area (Å²) in [5.41, 5.74) is -1.89. The molecule has 0 unspecified atom stereocenters. The molecule has 0 heterocycles. The molecule has 6 heteroatoms. The average Bonchev–Trinajstić information content (AvgIpc) is 2.54. The van der Waals surface area contributed by atoms with Crippen molar-refractivity contribution in [2.24, 2.45) is 0 Å². The van der Waals surface area contributed by atoms with Gasteiger partial charge >= 0.3 is 6.18 Å². The molecule has 0 N–H and O–H groups in total. The molecule has 0 radical (unpaired) electrons. The Kier molecular flexibility index (Phi) is 4.29. The Bertz CT molecular complexity index is 904. The van der Waals surface area contributed by atoms with E-state index in [1.54, 1.807) is 0 Å². The maximum atomic E-state index is 14.4. The molecule has 0 atom stereocenters. The van der Waals surface area contributed by atoms with Crippen molar-refractivity contribution in [3.8, 4) is 22.3 Å². The van der Waals surface area contributed by atoms with Gasteiger partial charge in [0.25, 0.3) is 0 Å². The van der Waals surface area contributed by atoms with Gasteiger partial charge in [0.1, 0.15) is 17.5 Å². The summed E-state index contributed by atoms with van der Waals surface area (Å²) < 4.78 is 80.9. The lowest BCUT2D eigenvalue weighted by molar-refractivity contribution is -0.137. The molecule has 3 rings (SSSR count). The van der Waals surface area contributed by atoms with E-state index in [0.29, 0.717) is 6.07 Å². The molecule has 0 aliphatic carbocycles. The van der Waals surface area contributed by atoms with E-state index in [1.807, 2.05) is 0 Å². The molecular formula is C19H10F6. The molecule has 25 heavy (non-hydrogen) atoms. The van der Waals surface area contributed by atoms with Crippen LogP contribution >= 0.6 is 0 Å². The fraction of sp³-hybridized carbons (Fsp3) is 0.0526. The Morgan fingerprint density at radius 3 is 1.84 bits per heavy atom. The molecule has 0 aliphatic rings. The van der Waals surface area contributed by atoms with Crippen molar-refractivity contribution < 1.29 is 26.3 Å². The van der Waals surface area contributed by atoms with Gasteiger partial charge in [-0.2, -0.15) is 13.2 Å². The molecule has 0 fully saturated rings. The first-order valence-electron chi connectivity index (χ1n) is 7.19. The van der Waals surface area contributed by atoms with E-state index < -0.39 is 34.8 Å². The third-order valence-electron chi connectivity index (χ3n) is 3.71. The molecule has 0 bridgehead atoms. The van der Waals surface area contributed by atoms with Gasteiger partial charge in [-0.15, -0.1) is 0 Å². The van der Waals surface area contributed by atoms with Crippen molar-refractivity contribution in [3.63, 3.8) is 0 Å². The molecule has 0 aromatic heterocycles. The van der Waals surface area contributed by atoms with Gasteiger partial charge < -0.3 is 0 Å². The van der Waals surface area contributed by atoms with Gasteiger partial charge in [0, 0.05) is 5.56 Å². The van der Waals surface area contributed by atoms with Gasteiger partial charge in [-0.25, -0.2) is 13.2 Å². The van der Waals surface area contributed by atoms with Crippen LogP contribution in [0.2, 0.25) is 0 Å². The van der Waals surface area contributed by atoms with Crippen LogP contribution in [0.5, 0.6) is 0 Å². The molecule has 0 spiro atoms. The van der Waals surface area contributed by atoms with Crippen molar-refractivity contribution in [1.82, 2.24) is 0 Å². The Hall–Kier alpha value is -2.76. The first-order chi connectivity index (χ1) is 11.8. The number of alkyl halides is 3. The molecule has 0 saturated heterocycles. The fourth-order valence-electron chi connectivity index (χ4n) is 2.55. The van der Waals surface area contributed by atoms with Gasteiger partial charge in [0.05, 0.1) is 11.1 Å². The summed E-state index contributed by atoms with van der Waals surface area (Å²) in [4.78, 5) is 0. The second-order valence-electron chi connectivity index (χ2n) is 5.37. The van der Waals surface area contributed by atoms with Crippen LogP contribution in [0.25, 0.3) is 22.3 Å². The van der Waals surface area contributed by atoms with Gasteiger partial charge in [0.2, 0.25) is 0 Å². The first-order valence-corrected chi connectivity index (χ1v) is 7.19. The summed E-state index contributed by atoms with van der Waals surface area (Å²) in [5, 5.41) is 0. The van der Waals surface area contributed by atoms with E-state index in [2.05, 4.69) is 0 Å². The lowest BCUT2D eigenvalue weighted by Gasteiger charge is -2.12. The summed E-state index contributed by atoms with van der Waals surface area (Å²) >= 11 is 0. The molecule has 3 aromatic rings. The topological polar surface area (TPSA) is 0 Å². The second-order valence-corrected chi connectivity index (χ2v) is 5.37. The summed E-state index contributed by atoms with van der Waals surface area (Å²) in [6.45, 7) is 0. The highest BCUT2D eigenvalue weighted by atomic mass is 19.4. The van der Waals surface area contributed by atoms with Crippen LogP contribution in [0, 0.1) is 17.5 Å². The molecule has 3 aromatic carbocycles. The predicted octanol–water partition coefficient (Wildman–Crippen LogP) is 6.46. The van der Waals surface area contributed by atoms with Crippen LogP contribution in [0.15, 0.2) is 60.7 Å². The molecule has 0 amide bonds. The highest BCUT2D eigenvalue weighted by Crippen LogP contribution is 2.35. The minimum Gasteiger partial charge on any atom is -0.206 e. The zero-order valence-electron chi connectivity index (χ0n) is 12.5. The first kappa shape index (κ1) is 17.1. The highest BCUT2D eigenvalue weighted by molar-refractivity contribution is 5.72. The average molecular weight is 352 g/mol. The van der Waals surface area contributed by atoms with Gasteiger partial charge in [-0.1, -0.05) is 30.3 Å². The van der Waals surface area contributed by atoms with Gasteiger partial charge in [-0.3, -0.25) is 0 Å². The largest absolute Gasteiger partial charge is 0.416 e. The van der Waals surface area contributed by atoms with E-state index in [1.165, 1.54) is 24.3 Å². The Morgan fingerprint density at radius 2 is 1.24 bits per heavy atom. The smallest absolute Gasteiger partial charge is 0.206 e. The number of hydrogen-bond acceptors (Lipinski definition) is 0. The number of benzene rings is 3. The van der Waals surface area contributed by atoms with Crippen LogP contribution < -0.4 is 0 Å². The van der Waals surface area contributed by atoms with Crippen LogP contribution in [0.3, 0.4) is 0 Å². The number of halogens is 6. The quantitative estimate of drug-likeness (QED) is 0.465. The summed E-state index contributed by atoms with van der Waals surface area (Å²) in [6, 6.07) is 11.0. The van der Waals surface area contributed by atoms with E-state index >= 15 is 0 Å². The maximum absolute atomic E-state index is 14.4. The molecular weight excluding hydrogens is 342 g/mol. The zero-order valence-corrected chi connectivity index (χ0v) is 12.5. The summed E-state index contributed by atoms with van der Waals surface area (Å²) in [6.07, 6.45) is -4.63. The fourth-order valence-corrected chi connectivity index (χ4v) is 2.55. The Morgan fingerprint density at radius 1 is 0.600 bits per heavy atom. The normalized spacial score (nSPS) is 11.6. The lowest BCUT2D eigenvalue weighted by Crippen LogP contribution is -2.05. The van der Waals surface area contributed by atoms with Crippen LogP contribution in [-0.4, -0.2) is 0 Å². The SMILES string of the molecule is Fc1ccccc1-c1cc(F)c(-c2cccc(C(F)(F)F)c2)c(F)c1. The minimum absolute atomic E-state index is 0.00380.